The fourth-order valence-corrected chi connectivity index (χ4v) is 6.02. The van der Waals surface area contributed by atoms with Gasteiger partial charge in [0.05, 0.1) is 0 Å². The number of nitrogens with zero attached hydrogens (tertiary/aromatic N) is 1. The van der Waals surface area contributed by atoms with Crippen molar-refractivity contribution >= 4 is 29.4 Å². The van der Waals surface area contributed by atoms with Gasteiger partial charge in [-0.3, -0.25) is 4.79 Å². The molecule has 2 aliphatic heterocycles. The highest BCUT2D eigenvalue weighted by Crippen LogP contribution is 2.55. The van der Waals surface area contributed by atoms with E-state index in [-0.39, 0.29) is 13.1 Å². The smallest absolute Gasteiger partial charge is 0.328 e. The third kappa shape index (κ3) is 2.30. The number of fused-ring (bicyclic) bond motifs is 2. The van der Waals surface area contributed by atoms with E-state index in [1.165, 1.54) is 0 Å². The molecule has 0 radical (unpaired) electrons. The highest BCUT2D eigenvalue weighted by molar-refractivity contribution is 8.20. The molecule has 1 fully saturated rings. The molecule has 20 heavy (non-hydrogen) atoms. The van der Waals surface area contributed by atoms with Gasteiger partial charge in [0, 0.05) is 24.6 Å². The molecular formula is C13H12F3NOS2. The van der Waals surface area contributed by atoms with E-state index in [1.807, 2.05) is 18.2 Å². The third-order valence-electron chi connectivity index (χ3n) is 3.47. The maximum atomic E-state index is 12.7. The molecule has 0 aliphatic carbocycles. The lowest BCUT2D eigenvalue weighted by Crippen LogP contribution is -2.48. The number of thioether (sulfide) groups is 2. The molecule has 2 heterocycles. The van der Waals surface area contributed by atoms with Gasteiger partial charge in [0.25, 0.3) is 0 Å². The van der Waals surface area contributed by atoms with Crippen molar-refractivity contribution in [3.05, 3.63) is 35.4 Å². The van der Waals surface area contributed by atoms with E-state index < -0.39 is 16.2 Å². The van der Waals surface area contributed by atoms with Gasteiger partial charge in [0.2, 0.25) is 0 Å². The Hall–Kier alpha value is -0.820. The first-order valence-electron chi connectivity index (χ1n) is 6.15. The molecule has 2 aliphatic rings. The number of hydrogen-bond acceptors (Lipinski definition) is 3. The van der Waals surface area contributed by atoms with Gasteiger partial charge in [-0.05, 0) is 11.1 Å². The summed E-state index contributed by atoms with van der Waals surface area (Å²) in [5, 5.41) is 0. The summed E-state index contributed by atoms with van der Waals surface area (Å²) in [6.07, 6.45) is -4.80. The van der Waals surface area contributed by atoms with Crippen molar-refractivity contribution in [1.29, 1.82) is 0 Å². The summed E-state index contributed by atoms with van der Waals surface area (Å²) >= 11 is 3.28. The highest BCUT2D eigenvalue weighted by atomic mass is 32.2. The molecule has 0 N–H and O–H groups in total. The van der Waals surface area contributed by atoms with E-state index in [2.05, 4.69) is 0 Å². The van der Waals surface area contributed by atoms with Crippen LogP contribution in [0.15, 0.2) is 24.3 Å². The summed E-state index contributed by atoms with van der Waals surface area (Å²) in [4.78, 5) is 12.5. The average molecular weight is 319 g/mol. The summed E-state index contributed by atoms with van der Waals surface area (Å²) in [6, 6.07) is 7.49. The Labute approximate surface area is 123 Å². The van der Waals surface area contributed by atoms with E-state index in [0.717, 1.165) is 27.5 Å². The molecule has 0 bridgehead atoms. The molecule has 1 saturated heterocycles. The minimum absolute atomic E-state index is 0.0391. The van der Waals surface area contributed by atoms with Crippen molar-refractivity contribution in [1.82, 2.24) is 4.90 Å². The van der Waals surface area contributed by atoms with Gasteiger partial charge < -0.3 is 4.90 Å². The van der Waals surface area contributed by atoms with E-state index in [9.17, 15) is 18.0 Å². The third-order valence-corrected chi connectivity index (χ3v) is 6.88. The van der Waals surface area contributed by atoms with Crippen LogP contribution in [0.5, 0.6) is 0 Å². The Kier molecular flexibility index (Phi) is 3.44. The Morgan fingerprint density at radius 3 is 2.50 bits per heavy atom. The van der Waals surface area contributed by atoms with Crippen LogP contribution in [0, 0.1) is 0 Å². The quantitative estimate of drug-likeness (QED) is 0.732. The van der Waals surface area contributed by atoms with E-state index in [4.69, 9.17) is 0 Å². The number of carbonyl (C=O) groups is 1. The number of benzene rings is 1. The number of hydrogen-bond donors (Lipinski definition) is 0. The maximum absolute atomic E-state index is 12.7. The molecule has 1 aromatic rings. The minimum Gasteiger partial charge on any atom is -0.328 e. The van der Waals surface area contributed by atoms with Crippen molar-refractivity contribution in [2.75, 3.05) is 18.1 Å². The van der Waals surface area contributed by atoms with Crippen molar-refractivity contribution in [3.63, 3.8) is 0 Å². The van der Waals surface area contributed by atoms with Crippen LogP contribution in [-0.4, -0.2) is 35.0 Å². The topological polar surface area (TPSA) is 20.3 Å². The first-order valence-corrected chi connectivity index (χ1v) is 8.12. The Bertz CT molecular complexity index is 541. The average Bonchev–Trinajstić information content (AvgIpc) is 2.86. The number of rotatable bonds is 0. The zero-order chi connectivity index (χ0) is 14.4. The van der Waals surface area contributed by atoms with Crippen molar-refractivity contribution < 1.29 is 18.0 Å². The second-order valence-corrected chi connectivity index (χ2v) is 7.81. The van der Waals surface area contributed by atoms with E-state index >= 15 is 0 Å². The fourth-order valence-electron chi connectivity index (χ4n) is 2.65. The second kappa shape index (κ2) is 4.87. The molecule has 0 saturated carbocycles. The SMILES string of the molecule is O=C(N1Cc2ccccc2C2(C1)SCCS2)C(F)(F)F. The molecular weight excluding hydrogens is 307 g/mol. The van der Waals surface area contributed by atoms with Gasteiger partial charge in [-0.1, -0.05) is 24.3 Å². The van der Waals surface area contributed by atoms with Crippen LogP contribution in [-0.2, 0) is 15.4 Å². The highest BCUT2D eigenvalue weighted by Gasteiger charge is 2.50. The van der Waals surface area contributed by atoms with Crippen LogP contribution in [0.3, 0.4) is 0 Å². The van der Waals surface area contributed by atoms with Crippen LogP contribution in [0.1, 0.15) is 11.1 Å². The lowest BCUT2D eigenvalue weighted by Gasteiger charge is -2.40. The Balaban J connectivity index is 1.99. The predicted octanol–water partition coefficient (Wildman–Crippen LogP) is 3.22. The molecule has 0 aromatic heterocycles. The van der Waals surface area contributed by atoms with Gasteiger partial charge in [0.15, 0.2) is 0 Å². The van der Waals surface area contributed by atoms with Crippen molar-refractivity contribution in [2.24, 2.45) is 0 Å². The summed E-state index contributed by atoms with van der Waals surface area (Å²) in [5.41, 5.74) is 1.89. The maximum Gasteiger partial charge on any atom is 0.471 e. The van der Waals surface area contributed by atoms with Gasteiger partial charge in [-0.25, -0.2) is 0 Å². The number of amides is 1. The van der Waals surface area contributed by atoms with Crippen LogP contribution in [0.2, 0.25) is 0 Å². The normalized spacial score (nSPS) is 21.1. The van der Waals surface area contributed by atoms with Gasteiger partial charge >= 0.3 is 12.1 Å². The minimum atomic E-state index is -4.80. The summed E-state index contributed by atoms with van der Waals surface area (Å²) < 4.78 is 37.6. The lowest BCUT2D eigenvalue weighted by molar-refractivity contribution is -0.186. The molecule has 7 heteroatoms. The lowest BCUT2D eigenvalue weighted by atomic mass is 9.98. The second-order valence-electron chi connectivity index (χ2n) is 4.77. The summed E-state index contributed by atoms with van der Waals surface area (Å²) in [5.74, 6) is 0.0552. The largest absolute Gasteiger partial charge is 0.471 e. The molecule has 3 rings (SSSR count). The van der Waals surface area contributed by atoms with E-state index in [1.54, 1.807) is 29.6 Å². The first kappa shape index (κ1) is 14.1. The number of halogens is 3. The first-order chi connectivity index (χ1) is 9.42. The van der Waals surface area contributed by atoms with Gasteiger partial charge in [-0.15, -0.1) is 23.5 Å². The Morgan fingerprint density at radius 2 is 1.85 bits per heavy atom. The monoisotopic (exact) mass is 319 g/mol. The van der Waals surface area contributed by atoms with Crippen LogP contribution >= 0.6 is 23.5 Å². The van der Waals surface area contributed by atoms with Gasteiger partial charge in [0.1, 0.15) is 4.08 Å². The summed E-state index contributed by atoms with van der Waals surface area (Å²) in [7, 11) is 0. The molecule has 2 nitrogen and oxygen atoms in total. The predicted molar refractivity (Wildman–Crippen MR) is 74.5 cm³/mol. The molecule has 1 amide bonds. The molecule has 108 valence electrons. The van der Waals surface area contributed by atoms with E-state index in [0.29, 0.717) is 0 Å². The zero-order valence-electron chi connectivity index (χ0n) is 10.4. The van der Waals surface area contributed by atoms with Crippen LogP contribution in [0.4, 0.5) is 13.2 Å². The fraction of sp³-hybridized carbons (Fsp3) is 0.462. The molecule has 1 spiro atoms. The van der Waals surface area contributed by atoms with Crippen molar-refractivity contribution in [3.8, 4) is 0 Å². The Morgan fingerprint density at radius 1 is 1.20 bits per heavy atom. The molecule has 0 unspecified atom stereocenters. The number of carbonyl (C=O) groups excluding carboxylic acids is 1. The zero-order valence-corrected chi connectivity index (χ0v) is 12.1. The standard InChI is InChI=1S/C13H12F3NOS2/c14-13(15,16)11(18)17-7-9-3-1-2-4-10(9)12(8-17)19-5-6-20-12/h1-4H,5-8H2. The van der Waals surface area contributed by atoms with Crippen LogP contribution in [0.25, 0.3) is 0 Å². The van der Waals surface area contributed by atoms with Crippen molar-refractivity contribution in [2.45, 2.75) is 16.8 Å². The summed E-state index contributed by atoms with van der Waals surface area (Å²) in [6.45, 7) is 0.162. The van der Waals surface area contributed by atoms with Gasteiger partial charge in [-0.2, -0.15) is 13.2 Å². The van der Waals surface area contributed by atoms with Crippen LogP contribution < -0.4 is 0 Å². The number of alkyl halides is 3. The molecule has 1 aromatic carbocycles. The molecule has 0 atom stereocenters.